The van der Waals surface area contributed by atoms with E-state index in [-0.39, 0.29) is 6.61 Å². The summed E-state index contributed by atoms with van der Waals surface area (Å²) in [6.07, 6.45) is 1.52. The molecular weight excluding hydrogens is 230 g/mol. The molecule has 0 spiro atoms. The van der Waals surface area contributed by atoms with Gasteiger partial charge in [0.25, 0.3) is 0 Å². The van der Waals surface area contributed by atoms with Crippen molar-refractivity contribution >= 4 is 0 Å². The van der Waals surface area contributed by atoms with E-state index < -0.39 is 6.10 Å². The summed E-state index contributed by atoms with van der Waals surface area (Å²) >= 11 is 0. The van der Waals surface area contributed by atoms with Crippen LogP contribution >= 0.6 is 0 Å². The van der Waals surface area contributed by atoms with Gasteiger partial charge in [0, 0.05) is 13.2 Å². The summed E-state index contributed by atoms with van der Waals surface area (Å²) in [5.74, 6) is 0.727. The predicted octanol–water partition coefficient (Wildman–Crippen LogP) is 1.70. The van der Waals surface area contributed by atoms with Gasteiger partial charge in [-0.25, -0.2) is 0 Å². The SMILES string of the molecule is CCCCOCC(O)COc1cccc(CN)c1. The number of unbranched alkanes of at least 4 members (excludes halogenated alkanes) is 1. The van der Waals surface area contributed by atoms with Crippen molar-refractivity contribution in [3.63, 3.8) is 0 Å². The van der Waals surface area contributed by atoms with E-state index in [2.05, 4.69) is 6.92 Å². The quantitative estimate of drug-likeness (QED) is 0.657. The molecule has 18 heavy (non-hydrogen) atoms. The summed E-state index contributed by atoms with van der Waals surface area (Å²) in [6.45, 7) is 3.83. The average molecular weight is 253 g/mol. The molecule has 4 heteroatoms. The van der Waals surface area contributed by atoms with Gasteiger partial charge in [-0.2, -0.15) is 0 Å². The molecule has 1 rings (SSSR count). The van der Waals surface area contributed by atoms with Crippen LogP contribution in [0.25, 0.3) is 0 Å². The molecule has 0 amide bonds. The number of ether oxygens (including phenoxy) is 2. The first kappa shape index (κ1) is 15.0. The fraction of sp³-hybridized carbons (Fsp3) is 0.571. The van der Waals surface area contributed by atoms with Crippen LogP contribution in [0, 0.1) is 0 Å². The third kappa shape index (κ3) is 6.00. The van der Waals surface area contributed by atoms with Crippen molar-refractivity contribution in [3.05, 3.63) is 29.8 Å². The van der Waals surface area contributed by atoms with Crippen molar-refractivity contribution in [2.24, 2.45) is 5.73 Å². The Balaban J connectivity index is 2.22. The summed E-state index contributed by atoms with van der Waals surface area (Å²) in [6, 6.07) is 7.56. The van der Waals surface area contributed by atoms with Crippen LogP contribution < -0.4 is 10.5 Å². The van der Waals surface area contributed by atoms with Gasteiger partial charge in [-0.05, 0) is 24.1 Å². The number of nitrogens with two attached hydrogens (primary N) is 1. The third-order valence-corrected chi connectivity index (χ3v) is 2.53. The second-order valence-electron chi connectivity index (χ2n) is 4.24. The fourth-order valence-corrected chi connectivity index (χ4v) is 1.47. The minimum Gasteiger partial charge on any atom is -0.491 e. The number of hydrogen-bond donors (Lipinski definition) is 2. The standard InChI is InChI=1S/C14H23NO3/c1-2-3-7-17-10-13(16)11-18-14-6-4-5-12(8-14)9-15/h4-6,8,13,16H,2-3,7,9-11,15H2,1H3. The van der Waals surface area contributed by atoms with Crippen LogP contribution in [0.2, 0.25) is 0 Å². The van der Waals surface area contributed by atoms with E-state index in [0.717, 1.165) is 24.2 Å². The largest absolute Gasteiger partial charge is 0.491 e. The molecule has 0 bridgehead atoms. The zero-order valence-corrected chi connectivity index (χ0v) is 11.0. The molecule has 0 aromatic heterocycles. The molecule has 1 aromatic rings. The Morgan fingerprint density at radius 3 is 2.89 bits per heavy atom. The van der Waals surface area contributed by atoms with Gasteiger partial charge in [-0.1, -0.05) is 25.5 Å². The number of aliphatic hydroxyl groups excluding tert-OH is 1. The lowest BCUT2D eigenvalue weighted by Crippen LogP contribution is -2.23. The zero-order chi connectivity index (χ0) is 13.2. The van der Waals surface area contributed by atoms with Gasteiger partial charge in [0.1, 0.15) is 18.5 Å². The van der Waals surface area contributed by atoms with E-state index in [0.29, 0.717) is 19.8 Å². The molecule has 0 aliphatic heterocycles. The Kier molecular flexibility index (Phi) is 7.41. The van der Waals surface area contributed by atoms with Crippen molar-refractivity contribution in [1.82, 2.24) is 0 Å². The van der Waals surface area contributed by atoms with Crippen LogP contribution in [0.15, 0.2) is 24.3 Å². The highest BCUT2D eigenvalue weighted by Gasteiger charge is 2.05. The van der Waals surface area contributed by atoms with Crippen molar-refractivity contribution in [2.75, 3.05) is 19.8 Å². The molecule has 1 atom stereocenters. The van der Waals surface area contributed by atoms with Crippen molar-refractivity contribution in [2.45, 2.75) is 32.4 Å². The molecule has 102 valence electrons. The Labute approximate surface area is 109 Å². The molecule has 0 aliphatic rings. The first-order valence-electron chi connectivity index (χ1n) is 6.44. The lowest BCUT2D eigenvalue weighted by Gasteiger charge is -2.13. The first-order valence-corrected chi connectivity index (χ1v) is 6.44. The summed E-state index contributed by atoms with van der Waals surface area (Å²) in [7, 11) is 0. The van der Waals surface area contributed by atoms with Gasteiger partial charge in [0.2, 0.25) is 0 Å². The van der Waals surface area contributed by atoms with E-state index in [4.69, 9.17) is 15.2 Å². The second kappa shape index (κ2) is 8.91. The fourth-order valence-electron chi connectivity index (χ4n) is 1.47. The van der Waals surface area contributed by atoms with E-state index in [9.17, 15) is 5.11 Å². The summed E-state index contributed by atoms with van der Waals surface area (Å²) in [5.41, 5.74) is 6.56. The molecule has 4 nitrogen and oxygen atoms in total. The van der Waals surface area contributed by atoms with Gasteiger partial charge in [0.05, 0.1) is 6.61 Å². The summed E-state index contributed by atoms with van der Waals surface area (Å²) in [5, 5.41) is 9.66. The molecule has 0 radical (unpaired) electrons. The highest BCUT2D eigenvalue weighted by molar-refractivity contribution is 5.28. The third-order valence-electron chi connectivity index (χ3n) is 2.53. The maximum atomic E-state index is 9.66. The molecule has 0 saturated heterocycles. The molecular formula is C14H23NO3. The normalized spacial score (nSPS) is 12.4. The Hall–Kier alpha value is -1.10. The van der Waals surface area contributed by atoms with Crippen LogP contribution in [0.1, 0.15) is 25.3 Å². The highest BCUT2D eigenvalue weighted by Crippen LogP contribution is 2.13. The number of hydrogen-bond acceptors (Lipinski definition) is 4. The summed E-state index contributed by atoms with van der Waals surface area (Å²) < 4.78 is 10.8. The minimum absolute atomic E-state index is 0.236. The van der Waals surface area contributed by atoms with Gasteiger partial charge in [-0.15, -0.1) is 0 Å². The molecule has 1 aromatic carbocycles. The van der Waals surface area contributed by atoms with Gasteiger partial charge in [-0.3, -0.25) is 0 Å². The monoisotopic (exact) mass is 253 g/mol. The molecule has 0 fully saturated rings. The van der Waals surface area contributed by atoms with E-state index in [1.807, 2.05) is 24.3 Å². The highest BCUT2D eigenvalue weighted by atomic mass is 16.5. The lowest BCUT2D eigenvalue weighted by molar-refractivity contribution is 0.0113. The second-order valence-corrected chi connectivity index (χ2v) is 4.24. The first-order chi connectivity index (χ1) is 8.76. The summed E-state index contributed by atoms with van der Waals surface area (Å²) in [4.78, 5) is 0. The van der Waals surface area contributed by atoms with E-state index >= 15 is 0 Å². The van der Waals surface area contributed by atoms with Crippen LogP contribution in [-0.2, 0) is 11.3 Å². The maximum absolute atomic E-state index is 9.66. The van der Waals surface area contributed by atoms with E-state index in [1.165, 1.54) is 0 Å². The molecule has 0 heterocycles. The van der Waals surface area contributed by atoms with E-state index in [1.54, 1.807) is 0 Å². The number of benzene rings is 1. The maximum Gasteiger partial charge on any atom is 0.119 e. The van der Waals surface area contributed by atoms with Gasteiger partial charge in [0.15, 0.2) is 0 Å². The Morgan fingerprint density at radius 2 is 2.17 bits per heavy atom. The molecule has 0 aliphatic carbocycles. The van der Waals surface area contributed by atoms with Gasteiger partial charge < -0.3 is 20.3 Å². The minimum atomic E-state index is -0.594. The van der Waals surface area contributed by atoms with Crippen molar-refractivity contribution in [1.29, 1.82) is 0 Å². The van der Waals surface area contributed by atoms with Gasteiger partial charge >= 0.3 is 0 Å². The predicted molar refractivity (Wildman–Crippen MR) is 71.6 cm³/mol. The molecule has 3 N–H and O–H groups in total. The van der Waals surface area contributed by atoms with Crippen LogP contribution in [0.5, 0.6) is 5.75 Å². The topological polar surface area (TPSA) is 64.7 Å². The Morgan fingerprint density at radius 1 is 1.33 bits per heavy atom. The lowest BCUT2D eigenvalue weighted by atomic mass is 10.2. The van der Waals surface area contributed by atoms with Crippen molar-refractivity contribution in [3.8, 4) is 5.75 Å². The zero-order valence-electron chi connectivity index (χ0n) is 11.0. The molecule has 0 saturated carbocycles. The average Bonchev–Trinajstić information content (AvgIpc) is 2.41. The molecule has 1 unspecified atom stereocenters. The van der Waals surface area contributed by atoms with Crippen LogP contribution in [0.4, 0.5) is 0 Å². The number of rotatable bonds is 9. The smallest absolute Gasteiger partial charge is 0.119 e. The Bertz CT molecular complexity index is 331. The van der Waals surface area contributed by atoms with Crippen LogP contribution in [0.3, 0.4) is 0 Å². The van der Waals surface area contributed by atoms with Crippen LogP contribution in [-0.4, -0.2) is 31.0 Å². The van der Waals surface area contributed by atoms with Crippen molar-refractivity contribution < 1.29 is 14.6 Å². The number of aliphatic hydroxyl groups is 1.